The summed E-state index contributed by atoms with van der Waals surface area (Å²) in [5.74, 6) is -1.90. The molecular formula is C12H14N2O2S. The maximum Gasteiger partial charge on any atom is 0.199 e. The molecule has 5 heteroatoms. The molecule has 3 rings (SSSR count). The van der Waals surface area contributed by atoms with E-state index in [4.69, 9.17) is 11.5 Å². The summed E-state index contributed by atoms with van der Waals surface area (Å²) in [6.07, 6.45) is 3.19. The highest BCUT2D eigenvalue weighted by Crippen LogP contribution is 2.66. The van der Waals surface area contributed by atoms with Gasteiger partial charge in [-0.05, 0) is 23.8 Å². The molecule has 2 aliphatic rings. The molecule has 4 nitrogen and oxygen atoms in total. The molecule has 0 radical (unpaired) electrons. The monoisotopic (exact) mass is 250 g/mol. The van der Waals surface area contributed by atoms with Crippen LogP contribution in [0.4, 0.5) is 5.69 Å². The summed E-state index contributed by atoms with van der Waals surface area (Å²) in [6.45, 7) is 0. The third-order valence-electron chi connectivity index (χ3n) is 3.42. The van der Waals surface area contributed by atoms with Gasteiger partial charge >= 0.3 is 0 Å². The number of rotatable bonds is 1. The minimum Gasteiger partial charge on any atom is -0.399 e. The fourth-order valence-electron chi connectivity index (χ4n) is 2.34. The molecule has 1 heterocycles. The Kier molecular flexibility index (Phi) is 2.13. The predicted octanol–water partition coefficient (Wildman–Crippen LogP) is 0.157. The van der Waals surface area contributed by atoms with Crippen LogP contribution in [0.15, 0.2) is 36.4 Å². The number of benzene rings is 1. The van der Waals surface area contributed by atoms with E-state index in [9.17, 15) is 10.2 Å². The van der Waals surface area contributed by atoms with Crippen molar-refractivity contribution in [3.63, 3.8) is 0 Å². The molecule has 3 atom stereocenters. The van der Waals surface area contributed by atoms with Crippen molar-refractivity contribution in [3.8, 4) is 0 Å². The van der Waals surface area contributed by atoms with Crippen LogP contribution in [0.2, 0.25) is 0 Å². The number of hydrogen-bond acceptors (Lipinski definition) is 5. The molecule has 90 valence electrons. The highest BCUT2D eigenvalue weighted by atomic mass is 32.2. The fraction of sp³-hybridized carbons (Fsp3) is 0.333. The van der Waals surface area contributed by atoms with E-state index in [-0.39, 0.29) is 10.00 Å². The van der Waals surface area contributed by atoms with Crippen molar-refractivity contribution >= 4 is 17.4 Å². The van der Waals surface area contributed by atoms with Gasteiger partial charge < -0.3 is 21.7 Å². The van der Waals surface area contributed by atoms with Crippen molar-refractivity contribution in [2.75, 3.05) is 5.73 Å². The molecule has 3 unspecified atom stereocenters. The van der Waals surface area contributed by atoms with Gasteiger partial charge in [0.15, 0.2) is 5.79 Å². The lowest BCUT2D eigenvalue weighted by molar-refractivity contribution is -0.137. The molecule has 1 aliphatic carbocycles. The molecule has 0 amide bonds. The summed E-state index contributed by atoms with van der Waals surface area (Å²) in [7, 11) is 0. The zero-order valence-electron chi connectivity index (χ0n) is 9.08. The summed E-state index contributed by atoms with van der Waals surface area (Å²) in [5.41, 5.74) is 13.4. The summed E-state index contributed by atoms with van der Waals surface area (Å²) in [6, 6.07) is 6.94. The van der Waals surface area contributed by atoms with Crippen LogP contribution in [0.5, 0.6) is 0 Å². The van der Waals surface area contributed by atoms with E-state index in [0.29, 0.717) is 5.69 Å². The van der Waals surface area contributed by atoms with Crippen LogP contribution in [0.1, 0.15) is 5.56 Å². The number of anilines is 1. The Morgan fingerprint density at radius 1 is 1.24 bits per heavy atom. The van der Waals surface area contributed by atoms with E-state index >= 15 is 0 Å². The second kappa shape index (κ2) is 3.26. The Hall–Kier alpha value is -1.01. The molecule has 1 aromatic rings. The lowest BCUT2D eigenvalue weighted by Crippen LogP contribution is -2.53. The van der Waals surface area contributed by atoms with E-state index in [1.807, 2.05) is 30.3 Å². The summed E-state index contributed by atoms with van der Waals surface area (Å²) in [4.78, 5) is 0. The average Bonchev–Trinajstić information content (AvgIpc) is 3.01. The number of nitrogens with two attached hydrogens (primary N) is 2. The number of fused-ring (bicyclic) bond motifs is 1. The van der Waals surface area contributed by atoms with Gasteiger partial charge in [0.2, 0.25) is 0 Å². The molecule has 1 aromatic carbocycles. The molecular weight excluding hydrogens is 236 g/mol. The zero-order chi connectivity index (χ0) is 12.3. The van der Waals surface area contributed by atoms with Crippen LogP contribution in [0.3, 0.4) is 0 Å². The van der Waals surface area contributed by atoms with Crippen LogP contribution in [-0.4, -0.2) is 27.3 Å². The first-order valence-corrected chi connectivity index (χ1v) is 6.28. The van der Waals surface area contributed by atoms with E-state index in [0.717, 1.165) is 5.56 Å². The molecule has 1 saturated heterocycles. The molecule has 0 spiro atoms. The fourth-order valence-corrected chi connectivity index (χ4v) is 3.81. The van der Waals surface area contributed by atoms with Gasteiger partial charge in [0, 0.05) is 10.9 Å². The van der Waals surface area contributed by atoms with Crippen molar-refractivity contribution in [1.82, 2.24) is 0 Å². The molecule has 0 aromatic heterocycles. The minimum atomic E-state index is -1.90. The number of aliphatic hydroxyl groups is 2. The van der Waals surface area contributed by atoms with Gasteiger partial charge in [-0.2, -0.15) is 0 Å². The van der Waals surface area contributed by atoms with Crippen molar-refractivity contribution in [2.45, 2.75) is 21.8 Å². The lowest BCUT2D eigenvalue weighted by Gasteiger charge is -2.30. The van der Waals surface area contributed by atoms with Crippen LogP contribution < -0.4 is 11.5 Å². The van der Waals surface area contributed by atoms with E-state index < -0.39 is 11.8 Å². The largest absolute Gasteiger partial charge is 0.399 e. The second-order valence-corrected chi connectivity index (χ2v) is 6.02. The Balaban J connectivity index is 2.02. The number of nitrogen functional groups attached to an aromatic ring is 1. The molecule has 0 bridgehead atoms. The molecule has 17 heavy (non-hydrogen) atoms. The van der Waals surface area contributed by atoms with E-state index in [1.165, 1.54) is 6.08 Å². The van der Waals surface area contributed by atoms with Gasteiger partial charge in [0.1, 0.15) is 0 Å². The zero-order valence-corrected chi connectivity index (χ0v) is 9.89. The molecule has 0 saturated carbocycles. The SMILES string of the molecule is Nc1cccc(C23C=CC(O)(O)C(N)C2S3)c1. The minimum absolute atomic E-state index is 0.00991. The smallest absolute Gasteiger partial charge is 0.199 e. The van der Waals surface area contributed by atoms with Gasteiger partial charge in [-0.25, -0.2) is 0 Å². The third kappa shape index (κ3) is 1.51. The van der Waals surface area contributed by atoms with Crippen LogP contribution >= 0.6 is 11.8 Å². The quantitative estimate of drug-likeness (QED) is 0.246. The first kappa shape index (κ1) is 11.1. The van der Waals surface area contributed by atoms with Crippen molar-refractivity contribution in [1.29, 1.82) is 0 Å². The normalized spacial score (nSPS) is 37.6. The van der Waals surface area contributed by atoms with Gasteiger partial charge in [0.25, 0.3) is 0 Å². The third-order valence-corrected chi connectivity index (χ3v) is 5.10. The summed E-state index contributed by atoms with van der Waals surface area (Å²) < 4.78 is -0.232. The van der Waals surface area contributed by atoms with E-state index in [2.05, 4.69) is 0 Å². The standard InChI is InChI=1S/C12H14N2O2S/c13-8-3-1-2-7(6-8)11-4-5-12(15,16)9(14)10(11)17-11/h1-6,9-10,15-16H,13-14H2. The van der Waals surface area contributed by atoms with Crippen molar-refractivity contribution < 1.29 is 10.2 Å². The molecule has 1 fully saturated rings. The topological polar surface area (TPSA) is 92.5 Å². The van der Waals surface area contributed by atoms with Crippen LogP contribution in [-0.2, 0) is 4.75 Å². The van der Waals surface area contributed by atoms with Gasteiger partial charge in [-0.3, -0.25) is 0 Å². The predicted molar refractivity (Wildman–Crippen MR) is 68.2 cm³/mol. The first-order valence-electron chi connectivity index (χ1n) is 5.40. The number of hydrogen-bond donors (Lipinski definition) is 4. The number of thioether (sulfide) groups is 1. The maximum atomic E-state index is 9.66. The Morgan fingerprint density at radius 2 is 2.00 bits per heavy atom. The Bertz CT molecular complexity index is 503. The maximum absolute atomic E-state index is 9.66. The van der Waals surface area contributed by atoms with E-state index in [1.54, 1.807) is 11.8 Å². The Labute approximate surface area is 103 Å². The first-order chi connectivity index (χ1) is 7.96. The highest BCUT2D eigenvalue weighted by molar-refractivity contribution is 8.08. The van der Waals surface area contributed by atoms with Gasteiger partial charge in [-0.15, -0.1) is 11.8 Å². The lowest BCUT2D eigenvalue weighted by atomic mass is 9.84. The van der Waals surface area contributed by atoms with Crippen LogP contribution in [0.25, 0.3) is 0 Å². The molecule has 1 aliphatic heterocycles. The summed E-state index contributed by atoms with van der Waals surface area (Å²) >= 11 is 1.63. The molecule has 6 N–H and O–H groups in total. The average molecular weight is 250 g/mol. The van der Waals surface area contributed by atoms with Crippen molar-refractivity contribution in [2.24, 2.45) is 5.73 Å². The highest BCUT2D eigenvalue weighted by Gasteiger charge is 2.63. The van der Waals surface area contributed by atoms with Gasteiger partial charge in [-0.1, -0.05) is 18.2 Å². The van der Waals surface area contributed by atoms with Crippen LogP contribution in [0, 0.1) is 0 Å². The second-order valence-electron chi connectivity index (χ2n) is 4.60. The summed E-state index contributed by atoms with van der Waals surface area (Å²) in [5, 5.41) is 19.3. The van der Waals surface area contributed by atoms with Crippen molar-refractivity contribution in [3.05, 3.63) is 42.0 Å². The Morgan fingerprint density at radius 3 is 2.71 bits per heavy atom. The van der Waals surface area contributed by atoms with Gasteiger partial charge in [0.05, 0.1) is 10.8 Å².